The number of fused-ring (bicyclic) bond motifs is 1. The van der Waals surface area contributed by atoms with Crippen LogP contribution in [-0.4, -0.2) is 17.4 Å². The Hall–Kier alpha value is -1.77. The van der Waals surface area contributed by atoms with E-state index in [0.717, 1.165) is 28.9 Å². The number of aromatic nitrogens is 1. The lowest BCUT2D eigenvalue weighted by Gasteiger charge is -2.11. The number of rotatable bonds is 4. The van der Waals surface area contributed by atoms with Gasteiger partial charge >= 0.3 is 0 Å². The third-order valence-corrected chi connectivity index (χ3v) is 4.58. The number of aromatic amines is 1. The Morgan fingerprint density at radius 1 is 1.40 bits per heavy atom. The van der Waals surface area contributed by atoms with Crippen LogP contribution in [0.2, 0.25) is 0 Å². The molecule has 0 saturated heterocycles. The molecule has 1 aliphatic carbocycles. The van der Waals surface area contributed by atoms with E-state index in [1.807, 2.05) is 18.2 Å². The summed E-state index contributed by atoms with van der Waals surface area (Å²) < 4.78 is 0. The standard InChI is InChI=1S/C17H22N2O/c1-10(13-4-5-13)9-18-17(20)14-6-7-16-15(8-14)11(2)12(3)19-16/h6-8,10,13,19H,4-5,9H2,1-3H3,(H,18,20). The largest absolute Gasteiger partial charge is 0.358 e. The van der Waals surface area contributed by atoms with Gasteiger partial charge in [0.25, 0.3) is 5.91 Å². The molecule has 3 rings (SSSR count). The van der Waals surface area contributed by atoms with Gasteiger partial charge in [0.1, 0.15) is 0 Å². The predicted molar refractivity (Wildman–Crippen MR) is 82.0 cm³/mol. The highest BCUT2D eigenvalue weighted by Crippen LogP contribution is 2.36. The molecule has 1 aromatic heterocycles. The Balaban J connectivity index is 1.75. The molecule has 1 saturated carbocycles. The van der Waals surface area contributed by atoms with Gasteiger partial charge in [-0.1, -0.05) is 6.92 Å². The van der Waals surface area contributed by atoms with E-state index in [-0.39, 0.29) is 5.91 Å². The Labute approximate surface area is 119 Å². The minimum Gasteiger partial charge on any atom is -0.358 e. The summed E-state index contributed by atoms with van der Waals surface area (Å²) in [5.41, 5.74) is 4.24. The number of aryl methyl sites for hydroxylation is 2. The first kappa shape index (κ1) is 13.2. The van der Waals surface area contributed by atoms with Crippen LogP contribution >= 0.6 is 0 Å². The van der Waals surface area contributed by atoms with E-state index in [2.05, 4.69) is 31.1 Å². The van der Waals surface area contributed by atoms with E-state index in [1.165, 1.54) is 24.1 Å². The Kier molecular flexibility index (Phi) is 3.28. The van der Waals surface area contributed by atoms with Crippen molar-refractivity contribution < 1.29 is 4.79 Å². The van der Waals surface area contributed by atoms with Gasteiger partial charge in [-0.15, -0.1) is 0 Å². The van der Waals surface area contributed by atoms with Crippen molar-refractivity contribution in [2.75, 3.05) is 6.54 Å². The highest BCUT2D eigenvalue weighted by atomic mass is 16.1. The van der Waals surface area contributed by atoms with E-state index < -0.39 is 0 Å². The van der Waals surface area contributed by atoms with Crippen LogP contribution in [0.25, 0.3) is 10.9 Å². The zero-order valence-electron chi connectivity index (χ0n) is 12.4. The molecule has 2 aromatic rings. The van der Waals surface area contributed by atoms with Gasteiger partial charge in [-0.2, -0.15) is 0 Å². The van der Waals surface area contributed by atoms with Crippen molar-refractivity contribution in [3.05, 3.63) is 35.0 Å². The smallest absolute Gasteiger partial charge is 0.251 e. The molecule has 3 nitrogen and oxygen atoms in total. The first-order valence-electron chi connectivity index (χ1n) is 7.43. The van der Waals surface area contributed by atoms with E-state index in [4.69, 9.17) is 0 Å². The zero-order chi connectivity index (χ0) is 14.3. The Morgan fingerprint density at radius 3 is 2.85 bits per heavy atom. The second kappa shape index (κ2) is 4.97. The number of benzene rings is 1. The average molecular weight is 270 g/mol. The molecular formula is C17H22N2O. The van der Waals surface area contributed by atoms with Crippen LogP contribution in [0.4, 0.5) is 0 Å². The summed E-state index contributed by atoms with van der Waals surface area (Å²) in [5, 5.41) is 4.21. The number of amides is 1. The summed E-state index contributed by atoms with van der Waals surface area (Å²) in [5.74, 6) is 1.46. The minimum absolute atomic E-state index is 0.0395. The number of H-pyrrole nitrogens is 1. The fourth-order valence-electron chi connectivity index (χ4n) is 2.79. The van der Waals surface area contributed by atoms with Crippen molar-refractivity contribution in [3.63, 3.8) is 0 Å². The first-order valence-corrected chi connectivity index (χ1v) is 7.43. The average Bonchev–Trinajstić information content (AvgIpc) is 3.24. The maximum atomic E-state index is 12.2. The van der Waals surface area contributed by atoms with Gasteiger partial charge in [0.05, 0.1) is 0 Å². The summed E-state index contributed by atoms with van der Waals surface area (Å²) in [7, 11) is 0. The van der Waals surface area contributed by atoms with Crippen molar-refractivity contribution >= 4 is 16.8 Å². The number of carbonyl (C=O) groups is 1. The van der Waals surface area contributed by atoms with Crippen LogP contribution < -0.4 is 5.32 Å². The summed E-state index contributed by atoms with van der Waals surface area (Å²) in [6, 6.07) is 5.88. The number of nitrogens with one attached hydrogen (secondary N) is 2. The fourth-order valence-corrected chi connectivity index (χ4v) is 2.79. The lowest BCUT2D eigenvalue weighted by atomic mass is 10.1. The molecule has 1 unspecified atom stereocenters. The lowest BCUT2D eigenvalue weighted by molar-refractivity contribution is 0.0947. The van der Waals surface area contributed by atoms with Gasteiger partial charge in [-0.3, -0.25) is 4.79 Å². The van der Waals surface area contributed by atoms with Gasteiger partial charge < -0.3 is 10.3 Å². The van der Waals surface area contributed by atoms with E-state index >= 15 is 0 Å². The monoisotopic (exact) mass is 270 g/mol. The number of hydrogen-bond donors (Lipinski definition) is 2. The van der Waals surface area contributed by atoms with Gasteiger partial charge in [-0.25, -0.2) is 0 Å². The van der Waals surface area contributed by atoms with Crippen molar-refractivity contribution in [2.45, 2.75) is 33.6 Å². The fraction of sp³-hybridized carbons (Fsp3) is 0.471. The molecule has 1 aliphatic rings. The molecule has 0 aliphatic heterocycles. The van der Waals surface area contributed by atoms with Crippen LogP contribution in [0.3, 0.4) is 0 Å². The number of carbonyl (C=O) groups excluding carboxylic acids is 1. The minimum atomic E-state index is 0.0395. The SMILES string of the molecule is Cc1[nH]c2ccc(C(=O)NCC(C)C3CC3)cc2c1C. The highest BCUT2D eigenvalue weighted by molar-refractivity contribution is 5.99. The summed E-state index contributed by atoms with van der Waals surface area (Å²) in [6.45, 7) is 7.16. The zero-order valence-corrected chi connectivity index (χ0v) is 12.4. The molecule has 3 heteroatoms. The van der Waals surface area contributed by atoms with Crippen molar-refractivity contribution in [1.82, 2.24) is 10.3 Å². The van der Waals surface area contributed by atoms with Crippen molar-refractivity contribution in [3.8, 4) is 0 Å². The first-order chi connectivity index (χ1) is 9.56. The van der Waals surface area contributed by atoms with Gasteiger partial charge in [0.15, 0.2) is 0 Å². The van der Waals surface area contributed by atoms with E-state index in [1.54, 1.807) is 0 Å². The van der Waals surface area contributed by atoms with Crippen LogP contribution in [-0.2, 0) is 0 Å². The summed E-state index contributed by atoms with van der Waals surface area (Å²) >= 11 is 0. The van der Waals surface area contributed by atoms with Crippen LogP contribution in [0, 0.1) is 25.7 Å². The molecular weight excluding hydrogens is 248 g/mol. The number of hydrogen-bond acceptors (Lipinski definition) is 1. The highest BCUT2D eigenvalue weighted by Gasteiger charge is 2.27. The third kappa shape index (κ3) is 2.45. The molecule has 106 valence electrons. The maximum absolute atomic E-state index is 12.2. The molecule has 1 aromatic carbocycles. The third-order valence-electron chi connectivity index (χ3n) is 4.58. The summed E-state index contributed by atoms with van der Waals surface area (Å²) in [6.07, 6.45) is 2.65. The molecule has 1 amide bonds. The molecule has 0 radical (unpaired) electrons. The van der Waals surface area contributed by atoms with Gasteiger partial charge in [0.2, 0.25) is 0 Å². The maximum Gasteiger partial charge on any atom is 0.251 e. The second-order valence-corrected chi connectivity index (χ2v) is 6.16. The van der Waals surface area contributed by atoms with Crippen LogP contribution in [0.1, 0.15) is 41.4 Å². The molecule has 1 fully saturated rings. The van der Waals surface area contributed by atoms with Crippen LogP contribution in [0.15, 0.2) is 18.2 Å². The molecule has 0 spiro atoms. The van der Waals surface area contributed by atoms with Gasteiger partial charge in [0, 0.05) is 28.7 Å². The molecule has 2 N–H and O–H groups in total. The van der Waals surface area contributed by atoms with Gasteiger partial charge in [-0.05, 0) is 62.3 Å². The van der Waals surface area contributed by atoms with Crippen molar-refractivity contribution in [1.29, 1.82) is 0 Å². The quantitative estimate of drug-likeness (QED) is 0.876. The Morgan fingerprint density at radius 2 is 2.15 bits per heavy atom. The predicted octanol–water partition coefficient (Wildman–Crippen LogP) is 3.56. The lowest BCUT2D eigenvalue weighted by Crippen LogP contribution is -2.28. The Bertz CT molecular complexity index is 652. The normalized spacial score (nSPS) is 16.4. The molecule has 1 atom stereocenters. The van der Waals surface area contributed by atoms with Crippen LogP contribution in [0.5, 0.6) is 0 Å². The topological polar surface area (TPSA) is 44.9 Å². The van der Waals surface area contributed by atoms with E-state index in [0.29, 0.717) is 5.92 Å². The second-order valence-electron chi connectivity index (χ2n) is 6.16. The van der Waals surface area contributed by atoms with Crippen molar-refractivity contribution in [2.24, 2.45) is 11.8 Å². The van der Waals surface area contributed by atoms with E-state index in [9.17, 15) is 4.79 Å². The summed E-state index contributed by atoms with van der Waals surface area (Å²) in [4.78, 5) is 15.6. The molecule has 20 heavy (non-hydrogen) atoms. The molecule has 1 heterocycles. The molecule has 0 bridgehead atoms.